The van der Waals surface area contributed by atoms with Crippen molar-refractivity contribution in [1.82, 2.24) is 4.98 Å². The highest BCUT2D eigenvalue weighted by atomic mass is 35.5. The molecule has 1 unspecified atom stereocenters. The van der Waals surface area contributed by atoms with Crippen LogP contribution in [-0.4, -0.2) is 29.1 Å². The Morgan fingerprint density at radius 1 is 1.29 bits per heavy atom. The number of amides is 1. The number of aromatic nitrogens is 1. The third-order valence-corrected chi connectivity index (χ3v) is 4.84. The van der Waals surface area contributed by atoms with Gasteiger partial charge in [0.2, 0.25) is 11.8 Å². The molecular weight excluding hydrogens is 380 g/mol. The topological polar surface area (TPSA) is 88.5 Å². The Kier molecular flexibility index (Phi) is 8.26. The fraction of sp³-hybridized carbons (Fsp3) is 0.381. The lowest BCUT2D eigenvalue weighted by Crippen LogP contribution is -2.17. The van der Waals surface area contributed by atoms with E-state index < -0.39 is 5.97 Å². The molecule has 0 radical (unpaired) electrons. The van der Waals surface area contributed by atoms with Crippen molar-refractivity contribution >= 4 is 29.2 Å². The number of ether oxygens (including phenoxy) is 1. The van der Waals surface area contributed by atoms with Gasteiger partial charge in [-0.15, -0.1) is 0 Å². The molecule has 0 aliphatic rings. The predicted molar refractivity (Wildman–Crippen MR) is 109 cm³/mol. The molecule has 6 nitrogen and oxygen atoms in total. The van der Waals surface area contributed by atoms with Crippen LogP contribution in [0, 0.1) is 0 Å². The monoisotopic (exact) mass is 404 g/mol. The number of carbonyl (C=O) groups excluding carboxylic acids is 1. The van der Waals surface area contributed by atoms with E-state index in [1.807, 2.05) is 12.1 Å². The van der Waals surface area contributed by atoms with Gasteiger partial charge in [-0.3, -0.25) is 4.79 Å². The summed E-state index contributed by atoms with van der Waals surface area (Å²) in [6.45, 7) is 2.13. The molecule has 0 aliphatic carbocycles. The summed E-state index contributed by atoms with van der Waals surface area (Å²) in [5, 5.41) is 12.2. The molecule has 2 aromatic rings. The first kappa shape index (κ1) is 21.7. The number of rotatable bonds is 10. The molecule has 1 aromatic heterocycles. The number of unbranched alkanes of at least 4 members (excludes halogenated alkanes) is 2. The standard InChI is InChI=1S/C21H25ClN2O4/c1-3-4-5-7-14(16-8-6-11-23-20(16)28-2)13-19(25)24-18-12-15(21(26)27)9-10-17(18)22/h6,8-12,14H,3-5,7,13H2,1-2H3,(H,24,25)(H,26,27). The van der Waals surface area contributed by atoms with Crippen molar-refractivity contribution in [3.05, 3.63) is 52.7 Å². The average molecular weight is 405 g/mol. The Morgan fingerprint density at radius 3 is 2.75 bits per heavy atom. The molecule has 0 spiro atoms. The maximum atomic E-state index is 12.7. The molecule has 2 N–H and O–H groups in total. The van der Waals surface area contributed by atoms with E-state index in [4.69, 9.17) is 21.4 Å². The fourth-order valence-corrected chi connectivity index (χ4v) is 3.24. The van der Waals surface area contributed by atoms with Gasteiger partial charge in [0.05, 0.1) is 23.4 Å². The van der Waals surface area contributed by atoms with Crippen LogP contribution < -0.4 is 10.1 Å². The zero-order valence-electron chi connectivity index (χ0n) is 16.1. The third kappa shape index (κ3) is 5.96. The number of aromatic carboxylic acids is 1. The lowest BCUT2D eigenvalue weighted by Gasteiger charge is -2.19. The molecule has 0 saturated heterocycles. The van der Waals surface area contributed by atoms with E-state index in [9.17, 15) is 9.59 Å². The summed E-state index contributed by atoms with van der Waals surface area (Å²) in [7, 11) is 1.56. The molecule has 0 aliphatic heterocycles. The Hall–Kier alpha value is -2.60. The molecule has 0 fully saturated rings. The summed E-state index contributed by atoms with van der Waals surface area (Å²) in [5.74, 6) is -0.860. The maximum Gasteiger partial charge on any atom is 0.335 e. The minimum absolute atomic E-state index is 0.0587. The normalized spacial score (nSPS) is 11.7. The van der Waals surface area contributed by atoms with E-state index in [1.165, 1.54) is 18.2 Å². The smallest absolute Gasteiger partial charge is 0.335 e. The molecule has 1 atom stereocenters. The van der Waals surface area contributed by atoms with E-state index in [0.717, 1.165) is 31.2 Å². The van der Waals surface area contributed by atoms with Crippen molar-refractivity contribution in [2.24, 2.45) is 0 Å². The van der Waals surface area contributed by atoms with Gasteiger partial charge in [-0.25, -0.2) is 9.78 Å². The summed E-state index contributed by atoms with van der Waals surface area (Å²) >= 11 is 6.11. The van der Waals surface area contributed by atoms with Crippen molar-refractivity contribution in [2.45, 2.75) is 44.9 Å². The van der Waals surface area contributed by atoms with Crippen LogP contribution in [0.5, 0.6) is 5.88 Å². The molecule has 150 valence electrons. The maximum absolute atomic E-state index is 12.7. The number of methoxy groups -OCH3 is 1. The van der Waals surface area contributed by atoms with E-state index >= 15 is 0 Å². The molecule has 7 heteroatoms. The number of hydrogen-bond acceptors (Lipinski definition) is 4. The first-order valence-corrected chi connectivity index (χ1v) is 9.65. The van der Waals surface area contributed by atoms with Gasteiger partial charge < -0.3 is 15.2 Å². The van der Waals surface area contributed by atoms with E-state index in [-0.39, 0.29) is 29.5 Å². The second-order valence-electron chi connectivity index (χ2n) is 6.55. The SMILES string of the molecule is CCCCCC(CC(=O)Nc1cc(C(=O)O)ccc1Cl)c1cccnc1OC. The molecule has 0 saturated carbocycles. The van der Waals surface area contributed by atoms with E-state index in [2.05, 4.69) is 17.2 Å². The number of carboxylic acid groups (broad SMARTS) is 1. The van der Waals surface area contributed by atoms with Crippen LogP contribution in [0.3, 0.4) is 0 Å². The number of carbonyl (C=O) groups is 2. The van der Waals surface area contributed by atoms with Crippen molar-refractivity contribution < 1.29 is 19.4 Å². The van der Waals surface area contributed by atoms with Crippen LogP contribution >= 0.6 is 11.6 Å². The summed E-state index contributed by atoms with van der Waals surface area (Å²) in [6, 6.07) is 7.97. The van der Waals surface area contributed by atoms with Crippen LogP contribution in [0.2, 0.25) is 5.02 Å². The third-order valence-electron chi connectivity index (χ3n) is 4.51. The van der Waals surface area contributed by atoms with Crippen molar-refractivity contribution in [3.63, 3.8) is 0 Å². The quantitative estimate of drug-likeness (QED) is 0.535. The van der Waals surface area contributed by atoms with Gasteiger partial charge in [0.25, 0.3) is 0 Å². The van der Waals surface area contributed by atoms with Crippen LogP contribution in [-0.2, 0) is 4.79 Å². The number of halogens is 1. The lowest BCUT2D eigenvalue weighted by molar-refractivity contribution is -0.116. The molecule has 2 rings (SSSR count). The number of hydrogen-bond donors (Lipinski definition) is 2. The Morgan fingerprint density at radius 2 is 2.07 bits per heavy atom. The number of anilines is 1. The molecule has 0 bridgehead atoms. The Balaban J connectivity index is 2.18. The Bertz CT molecular complexity index is 826. The molecule has 1 heterocycles. The second-order valence-corrected chi connectivity index (χ2v) is 6.95. The molecule has 1 amide bonds. The van der Waals surface area contributed by atoms with Crippen LogP contribution in [0.15, 0.2) is 36.5 Å². The average Bonchev–Trinajstić information content (AvgIpc) is 2.68. The highest BCUT2D eigenvalue weighted by molar-refractivity contribution is 6.33. The number of pyridine rings is 1. The number of carboxylic acids is 1. The molecule has 28 heavy (non-hydrogen) atoms. The van der Waals surface area contributed by atoms with Crippen LogP contribution in [0.25, 0.3) is 0 Å². The summed E-state index contributed by atoms with van der Waals surface area (Å²) in [5.41, 5.74) is 1.24. The fourth-order valence-electron chi connectivity index (χ4n) is 3.07. The van der Waals surface area contributed by atoms with Crippen LogP contribution in [0.4, 0.5) is 5.69 Å². The number of benzene rings is 1. The number of nitrogens with zero attached hydrogens (tertiary/aromatic N) is 1. The van der Waals surface area contributed by atoms with Gasteiger partial charge in [-0.05, 0) is 36.6 Å². The van der Waals surface area contributed by atoms with Gasteiger partial charge >= 0.3 is 5.97 Å². The van der Waals surface area contributed by atoms with Crippen molar-refractivity contribution in [3.8, 4) is 5.88 Å². The highest BCUT2D eigenvalue weighted by Crippen LogP contribution is 2.32. The van der Waals surface area contributed by atoms with Crippen molar-refractivity contribution in [1.29, 1.82) is 0 Å². The van der Waals surface area contributed by atoms with Gasteiger partial charge in [0.1, 0.15) is 0 Å². The van der Waals surface area contributed by atoms with Crippen molar-refractivity contribution in [2.75, 3.05) is 12.4 Å². The van der Waals surface area contributed by atoms with Gasteiger partial charge in [0.15, 0.2) is 0 Å². The summed E-state index contributed by atoms with van der Waals surface area (Å²) in [4.78, 5) is 28.1. The minimum Gasteiger partial charge on any atom is -0.481 e. The largest absolute Gasteiger partial charge is 0.481 e. The predicted octanol–water partition coefficient (Wildman–Crippen LogP) is 5.13. The first-order valence-electron chi connectivity index (χ1n) is 9.27. The Labute approximate surface area is 169 Å². The van der Waals surface area contributed by atoms with E-state index in [0.29, 0.717) is 10.9 Å². The molecule has 1 aromatic carbocycles. The summed E-state index contributed by atoms with van der Waals surface area (Å²) in [6.07, 6.45) is 5.85. The van der Waals surface area contributed by atoms with Gasteiger partial charge in [-0.2, -0.15) is 0 Å². The van der Waals surface area contributed by atoms with Crippen LogP contribution in [0.1, 0.15) is 60.9 Å². The summed E-state index contributed by atoms with van der Waals surface area (Å²) < 4.78 is 5.36. The highest BCUT2D eigenvalue weighted by Gasteiger charge is 2.21. The minimum atomic E-state index is -1.08. The number of nitrogens with one attached hydrogen (secondary N) is 1. The van der Waals surface area contributed by atoms with E-state index in [1.54, 1.807) is 13.3 Å². The zero-order chi connectivity index (χ0) is 20.5. The molecular formula is C21H25ClN2O4. The first-order chi connectivity index (χ1) is 13.5. The van der Waals surface area contributed by atoms with Gasteiger partial charge in [-0.1, -0.05) is 43.9 Å². The lowest BCUT2D eigenvalue weighted by atomic mass is 9.90. The van der Waals surface area contributed by atoms with Gasteiger partial charge in [0, 0.05) is 18.2 Å². The zero-order valence-corrected chi connectivity index (χ0v) is 16.8. The second kappa shape index (κ2) is 10.7.